The van der Waals surface area contributed by atoms with Gasteiger partial charge in [-0.25, -0.2) is 4.99 Å². The van der Waals surface area contributed by atoms with Gasteiger partial charge in [-0.3, -0.25) is 0 Å². The minimum absolute atomic E-state index is 0.0681. The van der Waals surface area contributed by atoms with E-state index in [0.29, 0.717) is 16.5 Å². The number of aliphatic imine (C=N–C) groups is 1. The van der Waals surface area contributed by atoms with E-state index in [1.54, 1.807) is 36.4 Å². The first-order valence-corrected chi connectivity index (χ1v) is 5.72. The summed E-state index contributed by atoms with van der Waals surface area (Å²) in [5, 5.41) is 0.725. The molecule has 0 fully saturated rings. The van der Waals surface area contributed by atoms with Gasteiger partial charge in [0.1, 0.15) is 5.75 Å². The number of hydrogen-bond donors (Lipinski definition) is 0. The Morgan fingerprint density at radius 1 is 0.941 bits per heavy atom. The van der Waals surface area contributed by atoms with Gasteiger partial charge in [-0.15, -0.1) is 0 Å². The van der Waals surface area contributed by atoms with Gasteiger partial charge < -0.3 is 4.74 Å². The summed E-state index contributed by atoms with van der Waals surface area (Å²) in [5.74, 6) is 0.648. The van der Waals surface area contributed by atoms with Crippen LogP contribution in [0.15, 0.2) is 59.6 Å². The highest BCUT2D eigenvalue weighted by Crippen LogP contribution is 2.18. The van der Waals surface area contributed by atoms with E-state index in [0.717, 1.165) is 0 Å². The molecule has 0 saturated carbocycles. The fourth-order valence-corrected chi connectivity index (χ4v) is 1.54. The Labute approximate surface area is 109 Å². The number of benzene rings is 2. The van der Waals surface area contributed by atoms with Gasteiger partial charge in [0.15, 0.2) is 0 Å². The first-order chi connectivity index (χ1) is 8.24. The molecule has 0 saturated heterocycles. The molecule has 0 aromatic heterocycles. The highest BCUT2D eigenvalue weighted by atomic mass is 35.5. The van der Waals surface area contributed by atoms with Crippen LogP contribution in [0.3, 0.4) is 0 Å². The Hall–Kier alpha value is -1.51. The van der Waals surface area contributed by atoms with E-state index in [9.17, 15) is 0 Å². The fraction of sp³-hybridized carbons (Fsp3) is 0. The van der Waals surface area contributed by atoms with Gasteiger partial charge >= 0.3 is 0 Å². The summed E-state index contributed by atoms with van der Waals surface area (Å²) in [4.78, 5) is 4.10. The molecule has 17 heavy (non-hydrogen) atoms. The topological polar surface area (TPSA) is 21.6 Å². The van der Waals surface area contributed by atoms with Gasteiger partial charge in [-0.1, -0.05) is 29.8 Å². The molecule has 0 aliphatic carbocycles. The molecule has 2 aromatic rings. The van der Waals surface area contributed by atoms with E-state index >= 15 is 0 Å². The van der Waals surface area contributed by atoms with Crippen LogP contribution in [0, 0.1) is 0 Å². The third-order valence-corrected chi connectivity index (χ3v) is 2.40. The number of rotatable bonds is 2. The molecule has 2 rings (SSSR count). The summed E-state index contributed by atoms with van der Waals surface area (Å²) in [6.45, 7) is 0. The molecule has 0 aliphatic rings. The molecule has 0 heterocycles. The van der Waals surface area contributed by atoms with E-state index < -0.39 is 0 Å². The minimum Gasteiger partial charge on any atom is -0.430 e. The zero-order chi connectivity index (χ0) is 12.1. The summed E-state index contributed by atoms with van der Waals surface area (Å²) in [6.07, 6.45) is 0. The molecule has 2 aromatic carbocycles. The van der Waals surface area contributed by atoms with E-state index in [1.807, 2.05) is 18.2 Å². The van der Waals surface area contributed by atoms with Crippen LogP contribution in [0.25, 0.3) is 0 Å². The SMILES string of the molecule is ClC(=Nc1ccc(Cl)cc1)Oc1ccccc1. The van der Waals surface area contributed by atoms with Crippen molar-refractivity contribution >= 4 is 34.2 Å². The fourth-order valence-electron chi connectivity index (χ4n) is 1.23. The van der Waals surface area contributed by atoms with Crippen LogP contribution < -0.4 is 4.74 Å². The smallest absolute Gasteiger partial charge is 0.292 e. The van der Waals surface area contributed by atoms with Crippen molar-refractivity contribution in [2.24, 2.45) is 4.99 Å². The van der Waals surface area contributed by atoms with Gasteiger partial charge in [0.05, 0.1) is 5.69 Å². The largest absolute Gasteiger partial charge is 0.430 e. The van der Waals surface area contributed by atoms with E-state index in [-0.39, 0.29) is 5.36 Å². The number of ether oxygens (including phenoxy) is 1. The van der Waals surface area contributed by atoms with Crippen LogP contribution >= 0.6 is 23.2 Å². The first-order valence-electron chi connectivity index (χ1n) is 4.97. The third-order valence-electron chi connectivity index (χ3n) is 1.99. The van der Waals surface area contributed by atoms with Crippen molar-refractivity contribution < 1.29 is 4.74 Å². The van der Waals surface area contributed by atoms with Crippen molar-refractivity contribution in [1.82, 2.24) is 0 Å². The van der Waals surface area contributed by atoms with Crippen LogP contribution in [-0.4, -0.2) is 5.36 Å². The molecule has 86 valence electrons. The lowest BCUT2D eigenvalue weighted by Crippen LogP contribution is -1.98. The van der Waals surface area contributed by atoms with Crippen molar-refractivity contribution in [3.63, 3.8) is 0 Å². The number of para-hydroxylation sites is 1. The highest BCUT2D eigenvalue weighted by Gasteiger charge is 1.98. The maximum absolute atomic E-state index is 5.88. The number of halogens is 2. The number of nitrogens with zero attached hydrogens (tertiary/aromatic N) is 1. The summed E-state index contributed by atoms with van der Waals surface area (Å²) in [5.41, 5.74) is 0.690. The molecular weight excluding hydrogens is 257 g/mol. The molecule has 0 bridgehead atoms. The maximum Gasteiger partial charge on any atom is 0.292 e. The van der Waals surface area contributed by atoms with E-state index in [2.05, 4.69) is 4.99 Å². The third kappa shape index (κ3) is 3.77. The van der Waals surface area contributed by atoms with Crippen LogP contribution in [0.1, 0.15) is 0 Å². The molecule has 0 unspecified atom stereocenters. The molecule has 0 aliphatic heterocycles. The molecule has 0 N–H and O–H groups in total. The second kappa shape index (κ2) is 5.71. The Morgan fingerprint density at radius 3 is 2.24 bits per heavy atom. The van der Waals surface area contributed by atoms with Crippen molar-refractivity contribution in [1.29, 1.82) is 0 Å². The molecule has 0 amide bonds. The van der Waals surface area contributed by atoms with Crippen LogP contribution in [-0.2, 0) is 0 Å². The molecule has 0 atom stereocenters. The quantitative estimate of drug-likeness (QED) is 0.573. The second-order valence-electron chi connectivity index (χ2n) is 3.26. The monoisotopic (exact) mass is 265 g/mol. The van der Waals surface area contributed by atoms with Crippen LogP contribution in [0.2, 0.25) is 5.02 Å². The summed E-state index contributed by atoms with van der Waals surface area (Å²) >= 11 is 11.6. The highest BCUT2D eigenvalue weighted by molar-refractivity contribution is 6.63. The maximum atomic E-state index is 5.88. The number of hydrogen-bond acceptors (Lipinski definition) is 2. The minimum atomic E-state index is 0.0681. The van der Waals surface area contributed by atoms with Gasteiger partial charge in [-0.2, -0.15) is 0 Å². The Morgan fingerprint density at radius 2 is 1.59 bits per heavy atom. The van der Waals surface area contributed by atoms with Crippen molar-refractivity contribution in [2.75, 3.05) is 0 Å². The molecule has 2 nitrogen and oxygen atoms in total. The van der Waals surface area contributed by atoms with Crippen molar-refractivity contribution in [3.05, 3.63) is 59.6 Å². The Balaban J connectivity index is 2.09. The van der Waals surface area contributed by atoms with Crippen LogP contribution in [0.4, 0.5) is 5.69 Å². The Kier molecular flexibility index (Phi) is 4.02. The average Bonchev–Trinajstić information content (AvgIpc) is 2.33. The van der Waals surface area contributed by atoms with Crippen LogP contribution in [0.5, 0.6) is 5.75 Å². The molecule has 0 spiro atoms. The van der Waals surface area contributed by atoms with E-state index in [4.69, 9.17) is 27.9 Å². The molecular formula is C13H9Cl2NO. The van der Waals surface area contributed by atoms with Crippen molar-refractivity contribution in [2.45, 2.75) is 0 Å². The lowest BCUT2D eigenvalue weighted by Gasteiger charge is -2.02. The zero-order valence-corrected chi connectivity index (χ0v) is 10.3. The second-order valence-corrected chi connectivity index (χ2v) is 4.02. The van der Waals surface area contributed by atoms with Gasteiger partial charge in [0.25, 0.3) is 5.36 Å². The van der Waals surface area contributed by atoms with Gasteiger partial charge in [0.2, 0.25) is 0 Å². The lowest BCUT2D eigenvalue weighted by molar-refractivity contribution is 0.565. The predicted molar refractivity (Wildman–Crippen MR) is 71.5 cm³/mol. The van der Waals surface area contributed by atoms with Crippen molar-refractivity contribution in [3.8, 4) is 5.75 Å². The zero-order valence-electron chi connectivity index (χ0n) is 8.81. The molecule has 4 heteroatoms. The Bertz CT molecular complexity index is 509. The summed E-state index contributed by atoms with van der Waals surface area (Å²) in [7, 11) is 0. The molecule has 0 radical (unpaired) electrons. The summed E-state index contributed by atoms with van der Waals surface area (Å²) in [6, 6.07) is 16.2. The standard InChI is InChI=1S/C13H9Cl2NO/c14-10-6-8-11(9-7-10)16-13(15)17-12-4-2-1-3-5-12/h1-9H. The normalized spacial score (nSPS) is 11.3. The van der Waals surface area contributed by atoms with Gasteiger partial charge in [-0.05, 0) is 48.0 Å². The van der Waals surface area contributed by atoms with E-state index in [1.165, 1.54) is 0 Å². The predicted octanol–water partition coefficient (Wildman–Crippen LogP) is 4.65. The van der Waals surface area contributed by atoms with Gasteiger partial charge in [0, 0.05) is 5.02 Å². The lowest BCUT2D eigenvalue weighted by atomic mass is 10.3. The first kappa shape index (κ1) is 12.0. The average molecular weight is 266 g/mol. The summed E-state index contributed by atoms with van der Waals surface area (Å²) < 4.78 is 5.33.